The van der Waals surface area contributed by atoms with E-state index in [9.17, 15) is 0 Å². The summed E-state index contributed by atoms with van der Waals surface area (Å²) in [6.45, 7) is 0. The summed E-state index contributed by atoms with van der Waals surface area (Å²) in [7, 11) is 0. The molecule has 1 unspecified atom stereocenters. The molecule has 1 aromatic rings. The van der Waals surface area contributed by atoms with Gasteiger partial charge in [0.2, 0.25) is 0 Å². The van der Waals surface area contributed by atoms with Crippen molar-refractivity contribution in [3.05, 3.63) is 41.5 Å². The zero-order valence-corrected chi connectivity index (χ0v) is 11.6. The number of halogens is 2. The molecule has 3 heteroatoms. The van der Waals surface area contributed by atoms with E-state index in [4.69, 9.17) is 0 Å². The van der Waals surface area contributed by atoms with E-state index in [2.05, 4.69) is 36.4 Å². The first kappa shape index (κ1) is 12.4. The van der Waals surface area contributed by atoms with E-state index in [1.807, 2.05) is 0 Å². The molecule has 0 bridgehead atoms. The van der Waals surface area contributed by atoms with Crippen LogP contribution in [0, 0.1) is 0 Å². The molecule has 0 saturated carbocycles. The summed E-state index contributed by atoms with van der Waals surface area (Å²) in [5, 5.41) is 0. The quantitative estimate of drug-likeness (QED) is 0.619. The molecule has 0 fully saturated rings. The third-order valence-corrected chi connectivity index (χ3v) is 3.61. The molecular formula is C9H9Cl2Hf. The molecular weight excluding hydrogens is 357 g/mol. The van der Waals surface area contributed by atoms with Gasteiger partial charge in [0.05, 0.1) is 0 Å². The number of benzene rings is 1. The van der Waals surface area contributed by atoms with Crippen molar-refractivity contribution in [1.29, 1.82) is 0 Å². The fraction of sp³-hybridized carbons (Fsp3) is 0.111. The monoisotopic (exact) mass is 367 g/mol. The van der Waals surface area contributed by atoms with Crippen LogP contribution in [0.1, 0.15) is 14.8 Å². The summed E-state index contributed by atoms with van der Waals surface area (Å²) >= 11 is 1.24. The number of rotatable bonds is 0. The van der Waals surface area contributed by atoms with Gasteiger partial charge >= 0.3 is 75.6 Å². The molecule has 0 radical (unpaired) electrons. The Balaban J connectivity index is 0.000000605. The summed E-state index contributed by atoms with van der Waals surface area (Å²) in [4.78, 5) is 0. The van der Waals surface area contributed by atoms with Gasteiger partial charge in [-0.3, -0.25) is 0 Å². The first-order valence-electron chi connectivity index (χ1n) is 3.36. The van der Waals surface area contributed by atoms with Gasteiger partial charge in [0.15, 0.2) is 0 Å². The molecule has 0 heterocycles. The average Bonchev–Trinajstić information content (AvgIpc) is 2.34. The van der Waals surface area contributed by atoms with E-state index >= 15 is 0 Å². The van der Waals surface area contributed by atoms with Gasteiger partial charge in [-0.15, -0.1) is 24.8 Å². The van der Waals surface area contributed by atoms with E-state index < -0.39 is 0 Å². The topological polar surface area (TPSA) is 0 Å². The number of fused-ring (bicyclic) bond motifs is 1. The van der Waals surface area contributed by atoms with Crippen LogP contribution in [0.25, 0.3) is 6.08 Å². The van der Waals surface area contributed by atoms with Crippen LogP contribution in [-0.4, -0.2) is 0 Å². The fourth-order valence-electron chi connectivity index (χ4n) is 1.25. The number of hydrogen-bond donors (Lipinski definition) is 0. The molecule has 1 aliphatic rings. The molecule has 12 heavy (non-hydrogen) atoms. The van der Waals surface area contributed by atoms with Crippen LogP contribution in [-0.2, 0) is 24.4 Å². The normalized spacial score (nSPS) is 17.4. The Morgan fingerprint density at radius 1 is 1.08 bits per heavy atom. The van der Waals surface area contributed by atoms with E-state index in [-0.39, 0.29) is 24.8 Å². The van der Waals surface area contributed by atoms with Crippen molar-refractivity contribution in [2.24, 2.45) is 0 Å². The zero-order valence-electron chi connectivity index (χ0n) is 6.36. The molecule has 2 rings (SSSR count). The van der Waals surface area contributed by atoms with Crippen LogP contribution in [0.15, 0.2) is 30.3 Å². The SMILES string of the molecule is Cl.Cl.[Hf][CH]1C=Cc2ccccc21. The van der Waals surface area contributed by atoms with Crippen LogP contribution < -0.4 is 0 Å². The maximum absolute atomic E-state index is 2.30. The van der Waals surface area contributed by atoms with Gasteiger partial charge in [-0.1, -0.05) is 0 Å². The third-order valence-electron chi connectivity index (χ3n) is 1.80. The minimum atomic E-state index is 0. The van der Waals surface area contributed by atoms with Gasteiger partial charge in [-0.2, -0.15) is 0 Å². The van der Waals surface area contributed by atoms with Crippen molar-refractivity contribution in [3.63, 3.8) is 0 Å². The second-order valence-electron chi connectivity index (χ2n) is 2.47. The second-order valence-corrected chi connectivity index (χ2v) is 4.70. The molecule has 1 aliphatic carbocycles. The van der Waals surface area contributed by atoms with Gasteiger partial charge in [0.1, 0.15) is 0 Å². The van der Waals surface area contributed by atoms with Gasteiger partial charge in [-0.05, 0) is 0 Å². The van der Waals surface area contributed by atoms with E-state index in [0.717, 1.165) is 3.67 Å². The molecule has 0 nitrogen and oxygen atoms in total. The number of hydrogen-bond acceptors (Lipinski definition) is 0. The Kier molecular flexibility index (Phi) is 5.38. The van der Waals surface area contributed by atoms with E-state index in [1.165, 1.54) is 35.5 Å². The van der Waals surface area contributed by atoms with Crippen LogP contribution in [0.4, 0.5) is 0 Å². The van der Waals surface area contributed by atoms with Crippen molar-refractivity contribution in [1.82, 2.24) is 0 Å². The van der Waals surface area contributed by atoms with Crippen molar-refractivity contribution >= 4 is 30.9 Å². The zero-order chi connectivity index (χ0) is 6.97. The molecule has 0 aromatic heterocycles. The fourth-order valence-corrected chi connectivity index (χ4v) is 2.54. The van der Waals surface area contributed by atoms with E-state index in [1.54, 1.807) is 0 Å². The summed E-state index contributed by atoms with van der Waals surface area (Å²) in [6, 6.07) is 8.64. The van der Waals surface area contributed by atoms with Crippen molar-refractivity contribution in [2.75, 3.05) is 0 Å². The maximum atomic E-state index is 2.30. The van der Waals surface area contributed by atoms with Crippen LogP contribution in [0.2, 0.25) is 0 Å². The predicted molar refractivity (Wildman–Crippen MR) is 52.7 cm³/mol. The Bertz CT molecular complexity index is 284. The third kappa shape index (κ3) is 2.21. The molecule has 0 saturated heterocycles. The molecule has 1 atom stereocenters. The first-order valence-corrected chi connectivity index (χ1v) is 5.43. The van der Waals surface area contributed by atoms with Crippen molar-refractivity contribution < 1.29 is 24.4 Å². The average molecular weight is 367 g/mol. The summed E-state index contributed by atoms with van der Waals surface area (Å²) in [5.74, 6) is 0. The van der Waals surface area contributed by atoms with Crippen LogP contribution >= 0.6 is 24.8 Å². The molecule has 63 valence electrons. The van der Waals surface area contributed by atoms with Gasteiger partial charge < -0.3 is 0 Å². The van der Waals surface area contributed by atoms with Gasteiger partial charge in [0, 0.05) is 0 Å². The predicted octanol–water partition coefficient (Wildman–Crippen LogP) is 3.14. The van der Waals surface area contributed by atoms with E-state index in [0.29, 0.717) is 0 Å². The summed E-state index contributed by atoms with van der Waals surface area (Å²) in [5.41, 5.74) is 2.94. The Hall–Kier alpha value is 0.410. The molecule has 0 aliphatic heterocycles. The van der Waals surface area contributed by atoms with Crippen LogP contribution in [0.5, 0.6) is 0 Å². The standard InChI is InChI=1S/C9H7.2ClH.Hf/c1-2-5-9-7-3-6-8(9)4-1;;;/h1-7H;2*1H;. The molecule has 1 aromatic carbocycles. The Morgan fingerprint density at radius 3 is 2.42 bits per heavy atom. The molecule has 0 spiro atoms. The Morgan fingerprint density at radius 2 is 1.75 bits per heavy atom. The molecule has 0 amide bonds. The van der Waals surface area contributed by atoms with Crippen molar-refractivity contribution in [2.45, 2.75) is 3.67 Å². The molecule has 0 N–H and O–H groups in total. The van der Waals surface area contributed by atoms with Crippen molar-refractivity contribution in [3.8, 4) is 0 Å². The number of allylic oxidation sites excluding steroid dienone is 1. The van der Waals surface area contributed by atoms with Crippen LogP contribution in [0.3, 0.4) is 0 Å². The van der Waals surface area contributed by atoms with Gasteiger partial charge in [-0.25, -0.2) is 0 Å². The first-order chi connectivity index (χ1) is 4.88. The minimum absolute atomic E-state index is 0. The summed E-state index contributed by atoms with van der Waals surface area (Å²) < 4.78 is 0.760. The Labute approximate surface area is 99.8 Å². The second kappa shape index (κ2) is 5.21. The summed E-state index contributed by atoms with van der Waals surface area (Å²) in [6.07, 6.45) is 4.53. The van der Waals surface area contributed by atoms with Gasteiger partial charge in [0.25, 0.3) is 0 Å².